The maximum Gasteiger partial charge on any atom is 0.180 e. The standard InChI is InChI=1S/C20H26N2O2S/c1-3-5-12-20(4-2)15-25(23,24)18-9-7-6-8-17(18)19(22-20)16-10-13-21-14-11-16/h6-11,13-14,19,22H,3-5,12,15H2,1-2H3/t19-,20-/m1/s1. The summed E-state index contributed by atoms with van der Waals surface area (Å²) in [6.07, 6.45) is 7.22. The summed E-state index contributed by atoms with van der Waals surface area (Å²) in [4.78, 5) is 4.56. The van der Waals surface area contributed by atoms with Crippen LogP contribution in [0.1, 0.15) is 56.7 Å². The van der Waals surface area contributed by atoms with Crippen molar-refractivity contribution in [3.05, 3.63) is 59.9 Å². The molecule has 2 heterocycles. The van der Waals surface area contributed by atoms with E-state index in [1.165, 1.54) is 0 Å². The predicted molar refractivity (Wildman–Crippen MR) is 100 cm³/mol. The molecule has 1 aromatic heterocycles. The number of nitrogens with one attached hydrogen (secondary N) is 1. The summed E-state index contributed by atoms with van der Waals surface area (Å²) in [6, 6.07) is 11.2. The van der Waals surface area contributed by atoms with E-state index in [-0.39, 0.29) is 11.8 Å². The second-order valence-corrected chi connectivity index (χ2v) is 8.85. The Morgan fingerprint density at radius 3 is 2.56 bits per heavy atom. The molecule has 3 rings (SSSR count). The van der Waals surface area contributed by atoms with Gasteiger partial charge in [0.15, 0.2) is 9.84 Å². The van der Waals surface area contributed by atoms with Crippen LogP contribution in [0.2, 0.25) is 0 Å². The molecule has 25 heavy (non-hydrogen) atoms. The normalized spacial score (nSPS) is 25.1. The van der Waals surface area contributed by atoms with Crippen LogP contribution in [0.25, 0.3) is 0 Å². The number of rotatable bonds is 5. The minimum atomic E-state index is -3.35. The Morgan fingerprint density at radius 2 is 1.88 bits per heavy atom. The van der Waals surface area contributed by atoms with Crippen molar-refractivity contribution in [2.24, 2.45) is 0 Å². The van der Waals surface area contributed by atoms with Gasteiger partial charge in [-0.2, -0.15) is 0 Å². The van der Waals surface area contributed by atoms with Gasteiger partial charge >= 0.3 is 0 Å². The summed E-state index contributed by atoms with van der Waals surface area (Å²) in [5, 5.41) is 3.74. The molecule has 0 fully saturated rings. The van der Waals surface area contributed by atoms with Crippen molar-refractivity contribution in [2.45, 2.75) is 56.0 Å². The van der Waals surface area contributed by atoms with Gasteiger partial charge in [-0.15, -0.1) is 0 Å². The van der Waals surface area contributed by atoms with Crippen molar-refractivity contribution in [2.75, 3.05) is 5.75 Å². The van der Waals surface area contributed by atoms with Gasteiger partial charge in [0.05, 0.1) is 16.7 Å². The van der Waals surface area contributed by atoms with Gasteiger partial charge in [-0.25, -0.2) is 8.42 Å². The van der Waals surface area contributed by atoms with Gasteiger partial charge in [-0.3, -0.25) is 10.3 Å². The van der Waals surface area contributed by atoms with Crippen LogP contribution >= 0.6 is 0 Å². The SMILES string of the molecule is CCCC[C@]1(CC)CS(=O)(=O)c2ccccc2[C@@H](c2ccncc2)N1. The quantitative estimate of drug-likeness (QED) is 0.881. The zero-order valence-electron chi connectivity index (χ0n) is 14.9. The number of nitrogens with zero attached hydrogens (tertiary/aromatic N) is 1. The van der Waals surface area contributed by atoms with E-state index >= 15 is 0 Å². The highest BCUT2D eigenvalue weighted by atomic mass is 32.2. The maximum atomic E-state index is 13.2. The van der Waals surface area contributed by atoms with Crippen molar-refractivity contribution in [3.8, 4) is 0 Å². The van der Waals surface area contributed by atoms with Gasteiger partial charge in [-0.1, -0.05) is 44.9 Å². The lowest BCUT2D eigenvalue weighted by molar-refractivity contribution is 0.295. The zero-order chi connectivity index (χ0) is 17.9. The van der Waals surface area contributed by atoms with Gasteiger partial charge < -0.3 is 0 Å². The Balaban J connectivity index is 2.17. The second kappa shape index (κ2) is 7.26. The minimum absolute atomic E-state index is 0.145. The highest BCUT2D eigenvalue weighted by Gasteiger charge is 2.41. The summed E-state index contributed by atoms with van der Waals surface area (Å²) < 4.78 is 26.3. The molecule has 0 bridgehead atoms. The third-order valence-electron chi connectivity index (χ3n) is 5.21. The number of fused-ring (bicyclic) bond motifs is 1. The number of benzene rings is 1. The van der Waals surface area contributed by atoms with E-state index in [1.807, 2.05) is 30.3 Å². The van der Waals surface area contributed by atoms with E-state index in [4.69, 9.17) is 0 Å². The third kappa shape index (κ3) is 3.62. The van der Waals surface area contributed by atoms with E-state index in [2.05, 4.69) is 24.1 Å². The minimum Gasteiger partial charge on any atom is -0.300 e. The molecule has 0 spiro atoms. The fourth-order valence-electron chi connectivity index (χ4n) is 3.73. The summed E-state index contributed by atoms with van der Waals surface area (Å²) in [5.74, 6) is 0.148. The molecule has 1 aromatic carbocycles. The number of unbranched alkanes of at least 4 members (excludes halogenated alkanes) is 1. The molecular formula is C20H26N2O2S. The molecule has 0 unspecified atom stereocenters. The third-order valence-corrected chi connectivity index (χ3v) is 7.18. The largest absolute Gasteiger partial charge is 0.300 e. The molecule has 0 saturated heterocycles. The molecule has 4 nitrogen and oxygen atoms in total. The van der Waals surface area contributed by atoms with Crippen LogP contribution in [0, 0.1) is 0 Å². The van der Waals surface area contributed by atoms with Crippen LogP contribution in [0.3, 0.4) is 0 Å². The molecular weight excluding hydrogens is 332 g/mol. The van der Waals surface area contributed by atoms with Crippen molar-refractivity contribution in [1.82, 2.24) is 10.3 Å². The van der Waals surface area contributed by atoms with Crippen LogP contribution in [0.5, 0.6) is 0 Å². The smallest absolute Gasteiger partial charge is 0.180 e. The van der Waals surface area contributed by atoms with E-state index < -0.39 is 15.4 Å². The van der Waals surface area contributed by atoms with Crippen LogP contribution < -0.4 is 5.32 Å². The first kappa shape index (κ1) is 18.1. The Labute approximate surface area is 150 Å². The Bertz CT molecular complexity index is 821. The first-order valence-electron chi connectivity index (χ1n) is 9.00. The number of hydrogen-bond acceptors (Lipinski definition) is 4. The second-order valence-electron chi connectivity index (χ2n) is 6.89. The van der Waals surface area contributed by atoms with Crippen molar-refractivity contribution >= 4 is 9.84 Å². The van der Waals surface area contributed by atoms with Crippen LogP contribution in [-0.2, 0) is 9.84 Å². The van der Waals surface area contributed by atoms with Gasteiger partial charge in [0.2, 0.25) is 0 Å². The number of sulfone groups is 1. The first-order chi connectivity index (χ1) is 12.0. The predicted octanol–water partition coefficient (Wildman–Crippen LogP) is 3.89. The molecule has 2 atom stereocenters. The molecule has 0 aliphatic carbocycles. The molecule has 1 aliphatic rings. The molecule has 0 saturated carbocycles. The first-order valence-corrected chi connectivity index (χ1v) is 10.7. The highest BCUT2D eigenvalue weighted by Crippen LogP contribution is 2.37. The lowest BCUT2D eigenvalue weighted by Crippen LogP contribution is -2.50. The van der Waals surface area contributed by atoms with Gasteiger partial charge in [0.1, 0.15) is 0 Å². The highest BCUT2D eigenvalue weighted by molar-refractivity contribution is 7.91. The van der Waals surface area contributed by atoms with Crippen LogP contribution in [0.4, 0.5) is 0 Å². The Morgan fingerprint density at radius 1 is 1.16 bits per heavy atom. The Hall–Kier alpha value is -1.72. The van der Waals surface area contributed by atoms with Crippen LogP contribution in [-0.4, -0.2) is 24.7 Å². The van der Waals surface area contributed by atoms with Crippen molar-refractivity contribution < 1.29 is 8.42 Å². The van der Waals surface area contributed by atoms with E-state index in [1.54, 1.807) is 18.5 Å². The van der Waals surface area contributed by atoms with Crippen molar-refractivity contribution in [3.63, 3.8) is 0 Å². The number of hydrogen-bond donors (Lipinski definition) is 1. The lowest BCUT2D eigenvalue weighted by Gasteiger charge is -2.35. The summed E-state index contributed by atoms with van der Waals surface area (Å²) in [6.45, 7) is 4.22. The molecule has 134 valence electrons. The van der Waals surface area contributed by atoms with E-state index in [0.717, 1.165) is 36.8 Å². The van der Waals surface area contributed by atoms with E-state index in [9.17, 15) is 8.42 Å². The van der Waals surface area contributed by atoms with Gasteiger partial charge in [0.25, 0.3) is 0 Å². The summed E-state index contributed by atoms with van der Waals surface area (Å²) in [7, 11) is -3.35. The average Bonchev–Trinajstić information content (AvgIpc) is 2.74. The molecule has 0 amide bonds. The molecule has 1 aliphatic heterocycles. The zero-order valence-corrected chi connectivity index (χ0v) is 15.7. The average molecular weight is 359 g/mol. The monoisotopic (exact) mass is 358 g/mol. The van der Waals surface area contributed by atoms with Crippen molar-refractivity contribution in [1.29, 1.82) is 0 Å². The molecule has 1 N–H and O–H groups in total. The maximum absolute atomic E-state index is 13.2. The molecule has 0 radical (unpaired) electrons. The molecule has 2 aromatic rings. The summed E-state index contributed by atoms with van der Waals surface area (Å²) >= 11 is 0. The lowest BCUT2D eigenvalue weighted by atomic mass is 9.88. The number of aromatic nitrogens is 1. The number of pyridine rings is 1. The van der Waals surface area contributed by atoms with Gasteiger partial charge in [0, 0.05) is 17.9 Å². The van der Waals surface area contributed by atoms with E-state index in [0.29, 0.717) is 4.90 Å². The topological polar surface area (TPSA) is 59.1 Å². The Kier molecular flexibility index (Phi) is 5.25. The fourth-order valence-corrected chi connectivity index (χ4v) is 5.87. The van der Waals surface area contributed by atoms with Crippen LogP contribution in [0.15, 0.2) is 53.7 Å². The van der Waals surface area contributed by atoms with Gasteiger partial charge in [-0.05, 0) is 42.2 Å². The summed E-state index contributed by atoms with van der Waals surface area (Å²) in [5.41, 5.74) is 1.47. The fraction of sp³-hybridized carbons (Fsp3) is 0.450. The molecule has 5 heteroatoms.